The Labute approximate surface area is 120 Å². The Morgan fingerprint density at radius 2 is 2.15 bits per heavy atom. The van der Waals surface area contributed by atoms with E-state index in [0.29, 0.717) is 6.04 Å². The summed E-state index contributed by atoms with van der Waals surface area (Å²) >= 11 is 0. The summed E-state index contributed by atoms with van der Waals surface area (Å²) in [5.41, 5.74) is 1.10. The van der Waals surface area contributed by atoms with Crippen molar-refractivity contribution >= 4 is 11.3 Å². The molecule has 0 saturated carbocycles. The summed E-state index contributed by atoms with van der Waals surface area (Å²) in [6, 6.07) is 2.65. The average Bonchev–Trinajstić information content (AvgIpc) is 2.96. The number of rotatable bonds is 4. The topological polar surface area (TPSA) is 45.5 Å². The Kier molecular flexibility index (Phi) is 3.87. The number of fused-ring (bicyclic) bond motifs is 1. The minimum Gasteiger partial charge on any atom is -0.355 e. The molecule has 20 heavy (non-hydrogen) atoms. The quantitative estimate of drug-likeness (QED) is 0.925. The van der Waals surface area contributed by atoms with E-state index in [9.17, 15) is 0 Å². The molecule has 1 saturated heterocycles. The predicted octanol–water partition coefficient (Wildman–Crippen LogP) is 1.94. The fraction of sp³-hybridized carbons (Fsp3) is 0.600. The van der Waals surface area contributed by atoms with Gasteiger partial charge in [0.2, 0.25) is 0 Å². The van der Waals surface area contributed by atoms with E-state index in [-0.39, 0.29) is 0 Å². The van der Waals surface area contributed by atoms with Crippen molar-refractivity contribution < 1.29 is 0 Å². The standard InChI is InChI=1S/C15H23N5/c1-3-16-12(2)13-5-9-19(10-6-13)15-14-4-7-18-20(14)11-8-17-15/h4,7-8,11-13,16H,3,5-6,9-10H2,1-2H3. The molecule has 0 amide bonds. The van der Waals surface area contributed by atoms with Gasteiger partial charge in [0.15, 0.2) is 5.82 Å². The largest absolute Gasteiger partial charge is 0.355 e. The van der Waals surface area contributed by atoms with Crippen LogP contribution in [0.5, 0.6) is 0 Å². The third kappa shape index (κ3) is 2.50. The number of piperidine rings is 1. The van der Waals surface area contributed by atoms with Crippen molar-refractivity contribution in [2.45, 2.75) is 32.7 Å². The first-order chi connectivity index (χ1) is 9.79. The molecule has 2 aromatic heterocycles. The molecule has 1 aliphatic rings. The van der Waals surface area contributed by atoms with E-state index in [1.54, 1.807) is 0 Å². The molecule has 1 unspecified atom stereocenters. The van der Waals surface area contributed by atoms with Crippen LogP contribution in [0.25, 0.3) is 5.52 Å². The summed E-state index contributed by atoms with van der Waals surface area (Å²) < 4.78 is 1.90. The maximum absolute atomic E-state index is 4.56. The highest BCUT2D eigenvalue weighted by Crippen LogP contribution is 2.26. The minimum atomic E-state index is 0.612. The molecule has 3 rings (SSSR count). The Balaban J connectivity index is 1.70. The maximum atomic E-state index is 4.56. The van der Waals surface area contributed by atoms with E-state index in [4.69, 9.17) is 0 Å². The molecule has 5 nitrogen and oxygen atoms in total. The van der Waals surface area contributed by atoms with Crippen LogP contribution >= 0.6 is 0 Å². The fourth-order valence-electron chi connectivity index (χ4n) is 3.19. The van der Waals surface area contributed by atoms with E-state index in [1.807, 2.05) is 29.2 Å². The SMILES string of the molecule is CCNC(C)C1CCN(c2nccn3nccc23)CC1. The van der Waals surface area contributed by atoms with E-state index >= 15 is 0 Å². The van der Waals surface area contributed by atoms with Gasteiger partial charge in [0.25, 0.3) is 0 Å². The zero-order chi connectivity index (χ0) is 13.9. The van der Waals surface area contributed by atoms with Crippen molar-refractivity contribution in [3.05, 3.63) is 24.7 Å². The summed E-state index contributed by atoms with van der Waals surface area (Å²) in [6.45, 7) is 7.70. The molecular formula is C15H23N5. The van der Waals surface area contributed by atoms with Crippen LogP contribution in [-0.4, -0.2) is 40.3 Å². The highest BCUT2D eigenvalue weighted by molar-refractivity contribution is 5.68. The van der Waals surface area contributed by atoms with Crippen LogP contribution in [0.3, 0.4) is 0 Å². The van der Waals surface area contributed by atoms with E-state index in [2.05, 4.69) is 34.1 Å². The van der Waals surface area contributed by atoms with Crippen molar-refractivity contribution in [3.63, 3.8) is 0 Å². The minimum absolute atomic E-state index is 0.612. The van der Waals surface area contributed by atoms with E-state index in [1.165, 1.54) is 12.8 Å². The van der Waals surface area contributed by atoms with Gasteiger partial charge in [-0.3, -0.25) is 0 Å². The number of aromatic nitrogens is 3. The van der Waals surface area contributed by atoms with Crippen LogP contribution in [0.15, 0.2) is 24.7 Å². The molecule has 0 aliphatic carbocycles. The van der Waals surface area contributed by atoms with Crippen LogP contribution in [-0.2, 0) is 0 Å². The van der Waals surface area contributed by atoms with Crippen molar-refractivity contribution in [3.8, 4) is 0 Å². The van der Waals surface area contributed by atoms with Crippen molar-refractivity contribution in [2.24, 2.45) is 5.92 Å². The molecule has 0 aromatic carbocycles. The number of nitrogens with one attached hydrogen (secondary N) is 1. The second kappa shape index (κ2) is 5.79. The van der Waals surface area contributed by atoms with Gasteiger partial charge in [0.05, 0.1) is 6.20 Å². The summed E-state index contributed by atoms with van der Waals surface area (Å²) in [6.07, 6.45) is 8.03. The fourth-order valence-corrected chi connectivity index (χ4v) is 3.19. The molecular weight excluding hydrogens is 250 g/mol. The summed E-state index contributed by atoms with van der Waals surface area (Å²) in [5.74, 6) is 1.84. The maximum Gasteiger partial charge on any atom is 0.154 e. The van der Waals surface area contributed by atoms with E-state index < -0.39 is 0 Å². The van der Waals surface area contributed by atoms with Gasteiger partial charge in [-0.25, -0.2) is 9.50 Å². The Morgan fingerprint density at radius 1 is 1.35 bits per heavy atom. The number of hydrogen-bond acceptors (Lipinski definition) is 4. The van der Waals surface area contributed by atoms with Gasteiger partial charge in [0.1, 0.15) is 5.52 Å². The number of hydrogen-bond donors (Lipinski definition) is 1. The van der Waals surface area contributed by atoms with Gasteiger partial charge in [-0.15, -0.1) is 0 Å². The Hall–Kier alpha value is -1.62. The van der Waals surface area contributed by atoms with Crippen LogP contribution in [0.2, 0.25) is 0 Å². The highest BCUT2D eigenvalue weighted by Gasteiger charge is 2.25. The van der Waals surface area contributed by atoms with Gasteiger partial charge in [-0.2, -0.15) is 5.10 Å². The molecule has 3 heterocycles. The second-order valence-corrected chi connectivity index (χ2v) is 5.58. The first-order valence-electron chi connectivity index (χ1n) is 7.56. The molecule has 1 N–H and O–H groups in total. The average molecular weight is 273 g/mol. The first kappa shape index (κ1) is 13.4. The Morgan fingerprint density at radius 3 is 2.90 bits per heavy atom. The summed E-state index contributed by atoms with van der Waals surface area (Å²) in [4.78, 5) is 6.95. The molecule has 2 aromatic rings. The van der Waals surface area contributed by atoms with Gasteiger partial charge in [0, 0.05) is 31.5 Å². The van der Waals surface area contributed by atoms with E-state index in [0.717, 1.165) is 36.9 Å². The Bertz CT molecular complexity index is 556. The van der Waals surface area contributed by atoms with Gasteiger partial charge in [-0.1, -0.05) is 6.92 Å². The molecule has 0 bridgehead atoms. The lowest BCUT2D eigenvalue weighted by Gasteiger charge is -2.35. The molecule has 1 fully saturated rings. The smallest absolute Gasteiger partial charge is 0.154 e. The van der Waals surface area contributed by atoms with Crippen molar-refractivity contribution in [1.29, 1.82) is 0 Å². The lowest BCUT2D eigenvalue weighted by atomic mass is 9.90. The first-order valence-corrected chi connectivity index (χ1v) is 7.56. The van der Waals surface area contributed by atoms with Gasteiger partial charge in [-0.05, 0) is 38.3 Å². The molecule has 1 atom stereocenters. The monoisotopic (exact) mass is 273 g/mol. The van der Waals surface area contributed by atoms with Crippen molar-refractivity contribution in [2.75, 3.05) is 24.5 Å². The number of anilines is 1. The zero-order valence-corrected chi connectivity index (χ0v) is 12.3. The third-order valence-electron chi connectivity index (χ3n) is 4.38. The third-order valence-corrected chi connectivity index (χ3v) is 4.38. The summed E-state index contributed by atoms with van der Waals surface area (Å²) in [5, 5.41) is 7.83. The number of nitrogens with zero attached hydrogens (tertiary/aromatic N) is 4. The molecule has 0 spiro atoms. The lowest BCUT2D eigenvalue weighted by Crippen LogP contribution is -2.42. The lowest BCUT2D eigenvalue weighted by molar-refractivity contribution is 0.314. The molecule has 108 valence electrons. The second-order valence-electron chi connectivity index (χ2n) is 5.58. The van der Waals surface area contributed by atoms with Crippen LogP contribution in [0.4, 0.5) is 5.82 Å². The molecule has 1 aliphatic heterocycles. The van der Waals surface area contributed by atoms with Gasteiger partial charge >= 0.3 is 0 Å². The molecule has 5 heteroatoms. The van der Waals surface area contributed by atoms with Gasteiger partial charge < -0.3 is 10.2 Å². The molecule has 0 radical (unpaired) electrons. The predicted molar refractivity (Wildman–Crippen MR) is 81.1 cm³/mol. The normalized spacial score (nSPS) is 18.6. The zero-order valence-electron chi connectivity index (χ0n) is 12.3. The van der Waals surface area contributed by atoms with Crippen LogP contribution in [0, 0.1) is 5.92 Å². The van der Waals surface area contributed by atoms with Crippen LogP contribution in [0.1, 0.15) is 26.7 Å². The summed E-state index contributed by atoms with van der Waals surface area (Å²) in [7, 11) is 0. The van der Waals surface area contributed by atoms with Crippen molar-refractivity contribution in [1.82, 2.24) is 19.9 Å². The highest BCUT2D eigenvalue weighted by atomic mass is 15.3. The van der Waals surface area contributed by atoms with Crippen LogP contribution < -0.4 is 10.2 Å².